The average molecular weight is 279 g/mol. The lowest BCUT2D eigenvalue weighted by Gasteiger charge is -2.29. The van der Waals surface area contributed by atoms with E-state index in [1.807, 2.05) is 6.07 Å². The van der Waals surface area contributed by atoms with E-state index >= 15 is 0 Å². The highest BCUT2D eigenvalue weighted by atomic mass is 16.1. The Bertz CT molecular complexity index is 583. The summed E-state index contributed by atoms with van der Waals surface area (Å²) < 4.78 is 0. The fourth-order valence-corrected chi connectivity index (χ4v) is 3.50. The van der Waals surface area contributed by atoms with Gasteiger partial charge >= 0.3 is 0 Å². The zero-order chi connectivity index (χ0) is 14.5. The van der Waals surface area contributed by atoms with Gasteiger partial charge in [0.25, 0.3) is 0 Å². The van der Waals surface area contributed by atoms with Crippen LogP contribution in [-0.2, 0) is 10.2 Å². The molecule has 0 radical (unpaired) electrons. The van der Waals surface area contributed by atoms with E-state index in [0.717, 1.165) is 13.0 Å². The number of hydrogen-bond donors (Lipinski definition) is 1. The predicted molar refractivity (Wildman–Crippen MR) is 86.1 cm³/mol. The normalized spacial score (nSPS) is 16.6. The number of carbonyl (C=O) groups is 1. The van der Waals surface area contributed by atoms with Crippen LogP contribution >= 0.6 is 0 Å². The van der Waals surface area contributed by atoms with Crippen LogP contribution in [-0.4, -0.2) is 13.0 Å². The Balaban J connectivity index is 1.87. The Morgan fingerprint density at radius 2 is 1.52 bits per heavy atom. The Morgan fingerprint density at radius 1 is 0.905 bits per heavy atom. The van der Waals surface area contributed by atoms with E-state index in [4.69, 9.17) is 0 Å². The highest BCUT2D eigenvalue weighted by molar-refractivity contribution is 5.63. The molecular weight excluding hydrogens is 258 g/mol. The molecule has 1 aliphatic carbocycles. The third-order valence-electron chi connectivity index (χ3n) is 4.69. The van der Waals surface area contributed by atoms with Crippen LogP contribution in [0.15, 0.2) is 54.6 Å². The van der Waals surface area contributed by atoms with Gasteiger partial charge in [-0.25, -0.2) is 0 Å². The summed E-state index contributed by atoms with van der Waals surface area (Å²) >= 11 is 0. The minimum Gasteiger partial charge on any atom is -0.358 e. The number of nitrogens with one attached hydrogen (secondary N) is 1. The molecule has 1 fully saturated rings. The first-order valence-corrected chi connectivity index (χ1v) is 7.67. The summed E-state index contributed by atoms with van der Waals surface area (Å²) in [5.74, 6) is 0. The summed E-state index contributed by atoms with van der Waals surface area (Å²) in [4.78, 5) is 10.7. The molecule has 1 aliphatic rings. The van der Waals surface area contributed by atoms with E-state index in [1.165, 1.54) is 42.4 Å². The molecule has 0 aliphatic heterocycles. The minimum atomic E-state index is 0.135. The third-order valence-corrected chi connectivity index (χ3v) is 4.69. The summed E-state index contributed by atoms with van der Waals surface area (Å²) in [6.45, 7) is 0.751. The molecule has 0 spiro atoms. The smallest absolute Gasteiger partial charge is 0.207 e. The maximum absolute atomic E-state index is 10.7. The van der Waals surface area contributed by atoms with E-state index in [2.05, 4.69) is 53.8 Å². The molecular formula is C19H21NO. The lowest BCUT2D eigenvalue weighted by atomic mass is 9.78. The average Bonchev–Trinajstić information content (AvgIpc) is 3.04. The van der Waals surface area contributed by atoms with Crippen LogP contribution in [0.25, 0.3) is 11.1 Å². The van der Waals surface area contributed by atoms with Crippen molar-refractivity contribution in [1.82, 2.24) is 5.32 Å². The molecule has 2 aromatic carbocycles. The minimum absolute atomic E-state index is 0.135. The summed E-state index contributed by atoms with van der Waals surface area (Å²) in [5.41, 5.74) is 3.98. The van der Waals surface area contributed by atoms with Crippen LogP contribution in [0, 0.1) is 0 Å². The molecule has 1 saturated carbocycles. The van der Waals surface area contributed by atoms with Crippen molar-refractivity contribution in [2.75, 3.05) is 6.54 Å². The monoisotopic (exact) mass is 279 g/mol. The summed E-state index contributed by atoms with van der Waals surface area (Å²) in [5, 5.41) is 2.90. The molecule has 0 heterocycles. The van der Waals surface area contributed by atoms with Crippen LogP contribution in [0.1, 0.15) is 31.2 Å². The van der Waals surface area contributed by atoms with Crippen molar-refractivity contribution in [2.24, 2.45) is 0 Å². The first-order valence-electron chi connectivity index (χ1n) is 7.67. The second kappa shape index (κ2) is 6.13. The van der Waals surface area contributed by atoms with Crippen LogP contribution in [0.2, 0.25) is 0 Å². The van der Waals surface area contributed by atoms with Crippen LogP contribution in [0.5, 0.6) is 0 Å². The van der Waals surface area contributed by atoms with E-state index in [9.17, 15) is 4.79 Å². The lowest BCUT2D eigenvalue weighted by Crippen LogP contribution is -2.35. The molecule has 21 heavy (non-hydrogen) atoms. The highest BCUT2D eigenvalue weighted by Crippen LogP contribution is 2.41. The number of carbonyl (C=O) groups excluding carboxylic acids is 1. The molecule has 1 N–H and O–H groups in total. The molecule has 2 heteroatoms. The Morgan fingerprint density at radius 3 is 2.14 bits per heavy atom. The zero-order valence-electron chi connectivity index (χ0n) is 12.2. The largest absolute Gasteiger partial charge is 0.358 e. The number of amides is 1. The maximum atomic E-state index is 10.7. The topological polar surface area (TPSA) is 29.1 Å². The van der Waals surface area contributed by atoms with Gasteiger partial charge in [0.15, 0.2) is 0 Å². The predicted octanol–water partition coefficient (Wildman–Crippen LogP) is 3.91. The van der Waals surface area contributed by atoms with E-state index in [0.29, 0.717) is 0 Å². The summed E-state index contributed by atoms with van der Waals surface area (Å²) in [6, 6.07) is 19.3. The van der Waals surface area contributed by atoms with Gasteiger partial charge in [0.05, 0.1) is 0 Å². The molecule has 0 aromatic heterocycles. The summed E-state index contributed by atoms with van der Waals surface area (Å²) in [7, 11) is 0. The maximum Gasteiger partial charge on any atom is 0.207 e. The van der Waals surface area contributed by atoms with Crippen LogP contribution in [0.4, 0.5) is 0 Å². The van der Waals surface area contributed by atoms with Crippen molar-refractivity contribution in [3.63, 3.8) is 0 Å². The number of benzene rings is 2. The molecule has 2 aromatic rings. The van der Waals surface area contributed by atoms with Crippen molar-refractivity contribution in [2.45, 2.75) is 31.1 Å². The van der Waals surface area contributed by atoms with Gasteiger partial charge in [-0.05, 0) is 29.5 Å². The molecule has 2 nitrogen and oxygen atoms in total. The van der Waals surface area contributed by atoms with Gasteiger partial charge in [-0.2, -0.15) is 0 Å². The molecule has 0 saturated heterocycles. The quantitative estimate of drug-likeness (QED) is 0.826. The van der Waals surface area contributed by atoms with Crippen molar-refractivity contribution >= 4 is 6.41 Å². The molecule has 0 atom stereocenters. The Hall–Kier alpha value is -2.09. The second-order valence-electron chi connectivity index (χ2n) is 5.93. The SMILES string of the molecule is O=CNCC1(c2ccc(-c3ccccc3)cc2)CCCC1. The van der Waals surface area contributed by atoms with Crippen LogP contribution < -0.4 is 5.32 Å². The van der Waals surface area contributed by atoms with Gasteiger partial charge < -0.3 is 5.32 Å². The molecule has 0 unspecified atom stereocenters. The fraction of sp³-hybridized carbons (Fsp3) is 0.316. The second-order valence-corrected chi connectivity index (χ2v) is 5.93. The first kappa shape index (κ1) is 13.9. The van der Waals surface area contributed by atoms with Gasteiger partial charge in [0, 0.05) is 12.0 Å². The standard InChI is InChI=1S/C19H21NO/c21-15-20-14-19(12-4-5-13-19)18-10-8-17(9-11-18)16-6-2-1-3-7-16/h1-3,6-11,15H,4-5,12-14H2,(H,20,21). The lowest BCUT2D eigenvalue weighted by molar-refractivity contribution is -0.109. The molecule has 0 bridgehead atoms. The van der Waals surface area contributed by atoms with Crippen molar-refractivity contribution in [3.8, 4) is 11.1 Å². The highest BCUT2D eigenvalue weighted by Gasteiger charge is 2.35. The van der Waals surface area contributed by atoms with Gasteiger partial charge in [0.1, 0.15) is 0 Å². The first-order chi connectivity index (χ1) is 10.3. The van der Waals surface area contributed by atoms with Crippen molar-refractivity contribution in [3.05, 3.63) is 60.2 Å². The Kier molecular flexibility index (Phi) is 4.05. The van der Waals surface area contributed by atoms with Gasteiger partial charge in [-0.1, -0.05) is 67.4 Å². The third kappa shape index (κ3) is 2.85. The molecule has 3 rings (SSSR count). The van der Waals surface area contributed by atoms with E-state index < -0.39 is 0 Å². The van der Waals surface area contributed by atoms with E-state index in [1.54, 1.807) is 0 Å². The molecule has 1 amide bonds. The van der Waals surface area contributed by atoms with Crippen molar-refractivity contribution < 1.29 is 4.79 Å². The van der Waals surface area contributed by atoms with Gasteiger partial charge in [-0.3, -0.25) is 4.79 Å². The van der Waals surface area contributed by atoms with Crippen molar-refractivity contribution in [1.29, 1.82) is 0 Å². The Labute approximate surface area is 126 Å². The number of rotatable bonds is 5. The van der Waals surface area contributed by atoms with Crippen LogP contribution in [0.3, 0.4) is 0 Å². The summed E-state index contributed by atoms with van der Waals surface area (Å²) in [6.07, 6.45) is 5.65. The molecule has 108 valence electrons. The number of hydrogen-bond acceptors (Lipinski definition) is 1. The van der Waals surface area contributed by atoms with E-state index in [-0.39, 0.29) is 5.41 Å². The van der Waals surface area contributed by atoms with Gasteiger partial charge in [-0.15, -0.1) is 0 Å². The zero-order valence-corrected chi connectivity index (χ0v) is 12.2. The fourth-order valence-electron chi connectivity index (χ4n) is 3.50. The van der Waals surface area contributed by atoms with Gasteiger partial charge in [0.2, 0.25) is 6.41 Å².